The zero-order chi connectivity index (χ0) is 16.7. The summed E-state index contributed by atoms with van der Waals surface area (Å²) in [6.45, 7) is 3.63. The van der Waals surface area contributed by atoms with Crippen LogP contribution in [-0.4, -0.2) is 80.3 Å². The molecule has 2 aliphatic carbocycles. The molecule has 7 nitrogen and oxygen atoms in total. The Morgan fingerprint density at radius 2 is 1.54 bits per heavy atom. The Hall–Kier alpha value is -0.700. The van der Waals surface area contributed by atoms with Crippen LogP contribution in [0.25, 0.3) is 0 Å². The number of carbonyl (C=O) groups is 1. The van der Waals surface area contributed by atoms with Crippen molar-refractivity contribution in [1.29, 1.82) is 0 Å². The quantitative estimate of drug-likeness (QED) is 0.721. The number of hydrogen-bond acceptors (Lipinski definition) is 4. The summed E-state index contributed by atoms with van der Waals surface area (Å²) in [4.78, 5) is 14.7. The minimum atomic E-state index is -3.41. The van der Waals surface area contributed by atoms with Crippen LogP contribution in [0.5, 0.6) is 0 Å². The molecule has 0 N–H and O–H groups in total. The minimum absolute atomic E-state index is 0.200. The SMILES string of the molecule is O=C(C1CC2CCC1C2)N1CCN(S(=O)(=O)N2CCOCC2)CC1. The van der Waals surface area contributed by atoms with E-state index in [1.807, 2.05) is 4.90 Å². The number of nitrogens with zero attached hydrogens (tertiary/aromatic N) is 3. The number of ether oxygens (including phenoxy) is 1. The van der Waals surface area contributed by atoms with Gasteiger partial charge in [0.15, 0.2) is 0 Å². The second-order valence-electron chi connectivity index (χ2n) is 7.52. The maximum atomic E-state index is 12.8. The topological polar surface area (TPSA) is 70.2 Å². The fourth-order valence-electron chi connectivity index (χ4n) is 4.86. The van der Waals surface area contributed by atoms with Crippen LogP contribution < -0.4 is 0 Å². The van der Waals surface area contributed by atoms with Crippen molar-refractivity contribution < 1.29 is 17.9 Å². The molecule has 2 bridgehead atoms. The number of fused-ring (bicyclic) bond motifs is 2. The van der Waals surface area contributed by atoms with Gasteiger partial charge in [0, 0.05) is 45.2 Å². The van der Waals surface area contributed by atoms with E-state index in [2.05, 4.69) is 0 Å². The number of hydrogen-bond donors (Lipinski definition) is 0. The zero-order valence-electron chi connectivity index (χ0n) is 14.1. The van der Waals surface area contributed by atoms with Gasteiger partial charge in [0.05, 0.1) is 13.2 Å². The van der Waals surface area contributed by atoms with E-state index in [-0.39, 0.29) is 11.8 Å². The fraction of sp³-hybridized carbons (Fsp3) is 0.938. The van der Waals surface area contributed by atoms with Crippen molar-refractivity contribution in [3.8, 4) is 0 Å². The summed E-state index contributed by atoms with van der Waals surface area (Å²) in [5.74, 6) is 1.81. The van der Waals surface area contributed by atoms with Crippen molar-refractivity contribution in [2.45, 2.75) is 25.7 Å². The number of rotatable bonds is 3. The molecule has 4 aliphatic rings. The Kier molecular flexibility index (Phi) is 4.57. The van der Waals surface area contributed by atoms with E-state index in [1.54, 1.807) is 0 Å². The van der Waals surface area contributed by atoms with Crippen molar-refractivity contribution >= 4 is 16.1 Å². The van der Waals surface area contributed by atoms with E-state index >= 15 is 0 Å². The van der Waals surface area contributed by atoms with Crippen LogP contribution >= 0.6 is 0 Å². The number of piperazine rings is 1. The van der Waals surface area contributed by atoms with Gasteiger partial charge in [0.25, 0.3) is 10.2 Å². The van der Waals surface area contributed by atoms with Crippen LogP contribution in [0.3, 0.4) is 0 Å². The molecule has 3 atom stereocenters. The Bertz CT molecular complexity index is 582. The second-order valence-corrected chi connectivity index (χ2v) is 9.45. The monoisotopic (exact) mass is 357 g/mol. The molecule has 1 amide bonds. The molecule has 2 saturated heterocycles. The van der Waals surface area contributed by atoms with E-state index in [1.165, 1.54) is 27.9 Å². The Labute approximate surface area is 144 Å². The third kappa shape index (κ3) is 2.98. The van der Waals surface area contributed by atoms with Gasteiger partial charge >= 0.3 is 0 Å². The molecule has 0 aromatic heterocycles. The van der Waals surface area contributed by atoms with E-state index in [0.717, 1.165) is 12.3 Å². The lowest BCUT2D eigenvalue weighted by Crippen LogP contribution is -2.56. The summed E-state index contributed by atoms with van der Waals surface area (Å²) in [7, 11) is -3.41. The van der Waals surface area contributed by atoms with Crippen molar-refractivity contribution in [3.63, 3.8) is 0 Å². The van der Waals surface area contributed by atoms with Crippen LogP contribution in [0, 0.1) is 17.8 Å². The molecule has 8 heteroatoms. The van der Waals surface area contributed by atoms with Gasteiger partial charge < -0.3 is 9.64 Å². The van der Waals surface area contributed by atoms with Gasteiger partial charge in [-0.15, -0.1) is 0 Å². The van der Waals surface area contributed by atoms with Crippen molar-refractivity contribution in [1.82, 2.24) is 13.5 Å². The lowest BCUT2D eigenvalue weighted by molar-refractivity contribution is -0.138. The molecule has 2 heterocycles. The smallest absolute Gasteiger partial charge is 0.282 e. The molecule has 2 aliphatic heterocycles. The van der Waals surface area contributed by atoms with Crippen LogP contribution in [0.15, 0.2) is 0 Å². The summed E-state index contributed by atoms with van der Waals surface area (Å²) >= 11 is 0. The van der Waals surface area contributed by atoms with Gasteiger partial charge in [-0.1, -0.05) is 6.42 Å². The standard InChI is InChI=1S/C16H27N3O4S/c20-16(15-12-13-1-2-14(15)11-13)17-3-5-18(6-4-17)24(21,22)19-7-9-23-10-8-19/h13-15H,1-12H2. The summed E-state index contributed by atoms with van der Waals surface area (Å²) in [6, 6.07) is 0. The Morgan fingerprint density at radius 3 is 2.12 bits per heavy atom. The first-order chi connectivity index (χ1) is 11.6. The fourth-order valence-corrected chi connectivity index (χ4v) is 6.42. The summed E-state index contributed by atoms with van der Waals surface area (Å²) in [6.07, 6.45) is 4.77. The third-order valence-corrected chi connectivity index (χ3v) is 8.26. The van der Waals surface area contributed by atoms with E-state index in [9.17, 15) is 13.2 Å². The minimum Gasteiger partial charge on any atom is -0.379 e. The predicted octanol–water partition coefficient (Wildman–Crippen LogP) is 0.144. The molecule has 2 saturated carbocycles. The highest BCUT2D eigenvalue weighted by Crippen LogP contribution is 2.48. The van der Waals surface area contributed by atoms with Crippen LogP contribution in [0.1, 0.15) is 25.7 Å². The molecule has 0 radical (unpaired) electrons. The lowest BCUT2D eigenvalue weighted by Gasteiger charge is -2.39. The first-order valence-electron chi connectivity index (χ1n) is 9.17. The van der Waals surface area contributed by atoms with Gasteiger partial charge in [-0.2, -0.15) is 17.0 Å². The lowest BCUT2D eigenvalue weighted by atomic mass is 9.87. The van der Waals surface area contributed by atoms with Crippen LogP contribution in [0.2, 0.25) is 0 Å². The Balaban J connectivity index is 1.34. The van der Waals surface area contributed by atoms with Crippen molar-refractivity contribution in [3.05, 3.63) is 0 Å². The maximum absolute atomic E-state index is 12.8. The summed E-state index contributed by atoms with van der Waals surface area (Å²) < 4.78 is 33.6. The first kappa shape index (κ1) is 16.8. The molecule has 0 aromatic rings. The molecular weight excluding hydrogens is 330 g/mol. The van der Waals surface area contributed by atoms with Crippen LogP contribution in [0.4, 0.5) is 0 Å². The molecular formula is C16H27N3O4S. The van der Waals surface area contributed by atoms with Crippen molar-refractivity contribution in [2.24, 2.45) is 17.8 Å². The highest BCUT2D eigenvalue weighted by molar-refractivity contribution is 7.86. The van der Waals surface area contributed by atoms with Crippen molar-refractivity contribution in [2.75, 3.05) is 52.5 Å². The summed E-state index contributed by atoms with van der Waals surface area (Å²) in [5.41, 5.74) is 0. The predicted molar refractivity (Wildman–Crippen MR) is 88.4 cm³/mol. The van der Waals surface area contributed by atoms with E-state index in [4.69, 9.17) is 4.74 Å². The number of morpholine rings is 1. The van der Waals surface area contributed by atoms with Crippen LogP contribution in [-0.2, 0) is 19.7 Å². The van der Waals surface area contributed by atoms with Gasteiger partial charge in [-0.25, -0.2) is 0 Å². The van der Waals surface area contributed by atoms with E-state index in [0.29, 0.717) is 58.4 Å². The van der Waals surface area contributed by atoms with Gasteiger partial charge in [0.1, 0.15) is 0 Å². The molecule has 4 rings (SSSR count). The average molecular weight is 357 g/mol. The largest absolute Gasteiger partial charge is 0.379 e. The zero-order valence-corrected chi connectivity index (χ0v) is 14.9. The highest BCUT2D eigenvalue weighted by atomic mass is 32.2. The van der Waals surface area contributed by atoms with Gasteiger partial charge in [0.2, 0.25) is 5.91 Å². The molecule has 24 heavy (non-hydrogen) atoms. The van der Waals surface area contributed by atoms with Gasteiger partial charge in [-0.3, -0.25) is 4.79 Å². The molecule has 4 fully saturated rings. The first-order valence-corrected chi connectivity index (χ1v) is 10.6. The maximum Gasteiger partial charge on any atom is 0.282 e. The molecule has 3 unspecified atom stereocenters. The highest BCUT2D eigenvalue weighted by Gasteiger charge is 2.45. The Morgan fingerprint density at radius 1 is 0.875 bits per heavy atom. The van der Waals surface area contributed by atoms with Gasteiger partial charge in [-0.05, 0) is 31.1 Å². The molecule has 0 aromatic carbocycles. The molecule has 0 spiro atoms. The summed E-state index contributed by atoms with van der Waals surface area (Å²) in [5, 5.41) is 0. The third-order valence-electron chi connectivity index (χ3n) is 6.23. The second kappa shape index (κ2) is 6.55. The average Bonchev–Trinajstić information content (AvgIpc) is 3.25. The van der Waals surface area contributed by atoms with E-state index < -0.39 is 10.2 Å². The molecule has 136 valence electrons. The normalized spacial score (nSPS) is 35.5. The number of amides is 1. The number of carbonyl (C=O) groups excluding carboxylic acids is 1.